The molecule has 0 fully saturated rings. The Kier molecular flexibility index (Phi) is 23.0. The topological polar surface area (TPSA) is 40.1 Å². The number of quaternary nitrogens is 1. The first-order valence-corrected chi connectivity index (χ1v) is 12.0. The van der Waals surface area contributed by atoms with Crippen LogP contribution in [0.2, 0.25) is 0 Å². The van der Waals surface area contributed by atoms with Crippen molar-refractivity contribution in [1.82, 2.24) is 0 Å². The largest absolute Gasteiger partial charge is 0.550 e. The van der Waals surface area contributed by atoms with Crippen molar-refractivity contribution in [3.63, 3.8) is 0 Å². The molecule has 27 heavy (non-hydrogen) atoms. The zero-order valence-electron chi connectivity index (χ0n) is 19.5. The first-order chi connectivity index (χ1) is 13.0. The van der Waals surface area contributed by atoms with Gasteiger partial charge in [0.2, 0.25) is 0 Å². The van der Waals surface area contributed by atoms with Gasteiger partial charge in [0.05, 0.1) is 26.2 Å². The van der Waals surface area contributed by atoms with E-state index in [1.54, 1.807) is 0 Å². The third-order valence-corrected chi connectivity index (χ3v) is 5.44. The average molecular weight is 386 g/mol. The molecular weight excluding hydrogens is 334 g/mol. The zero-order valence-corrected chi connectivity index (χ0v) is 19.5. The van der Waals surface area contributed by atoms with Gasteiger partial charge in [-0.15, -0.1) is 0 Å². The molecule has 0 aliphatic heterocycles. The highest BCUT2D eigenvalue weighted by molar-refractivity contribution is 5.60. The lowest BCUT2D eigenvalue weighted by Gasteiger charge is -2.39. The molecule has 0 amide bonds. The Morgan fingerprint density at radius 2 is 0.815 bits per heavy atom. The van der Waals surface area contributed by atoms with Crippen molar-refractivity contribution in [3.05, 3.63) is 0 Å². The van der Waals surface area contributed by atoms with Crippen molar-refractivity contribution in [1.29, 1.82) is 0 Å². The van der Waals surface area contributed by atoms with Crippen molar-refractivity contribution >= 4 is 5.97 Å². The number of hydrogen-bond donors (Lipinski definition) is 0. The first kappa shape index (κ1) is 28.6. The lowest BCUT2D eigenvalue weighted by atomic mass is 10.1. The van der Waals surface area contributed by atoms with Crippen LogP contribution in [0.4, 0.5) is 0 Å². The van der Waals surface area contributed by atoms with Crippen LogP contribution in [0.3, 0.4) is 0 Å². The fourth-order valence-electron chi connectivity index (χ4n) is 3.73. The van der Waals surface area contributed by atoms with Crippen LogP contribution in [-0.2, 0) is 4.79 Å². The van der Waals surface area contributed by atoms with Gasteiger partial charge in [-0.3, -0.25) is 0 Å². The molecule has 0 aliphatic rings. The highest BCUT2D eigenvalue weighted by Gasteiger charge is 2.24. The Hall–Kier alpha value is -0.570. The van der Waals surface area contributed by atoms with Crippen molar-refractivity contribution in [2.24, 2.45) is 0 Å². The van der Waals surface area contributed by atoms with Crippen LogP contribution >= 0.6 is 0 Å². The van der Waals surface area contributed by atoms with E-state index >= 15 is 0 Å². The SMILES string of the molecule is CC(=O)[O-].CCCCCCCCCC[N+](CCCC)(CCCC)CCCC. The van der Waals surface area contributed by atoms with Crippen molar-refractivity contribution in [2.75, 3.05) is 26.2 Å². The summed E-state index contributed by atoms with van der Waals surface area (Å²) < 4.78 is 1.44. The maximum atomic E-state index is 8.89. The number of carboxylic acid groups (broad SMARTS) is 1. The normalized spacial score (nSPS) is 11.1. The van der Waals surface area contributed by atoms with Gasteiger partial charge in [-0.25, -0.2) is 0 Å². The van der Waals surface area contributed by atoms with Crippen molar-refractivity contribution in [3.8, 4) is 0 Å². The van der Waals surface area contributed by atoms with Gasteiger partial charge < -0.3 is 14.4 Å². The molecule has 0 heterocycles. The average Bonchev–Trinajstić information content (AvgIpc) is 2.64. The number of aliphatic carboxylic acids is 1. The maximum Gasteiger partial charge on any atom is 0.0786 e. The van der Waals surface area contributed by atoms with Crippen molar-refractivity contribution < 1.29 is 14.4 Å². The molecule has 0 radical (unpaired) electrons. The summed E-state index contributed by atoms with van der Waals surface area (Å²) in [4.78, 5) is 8.89. The van der Waals surface area contributed by atoms with E-state index in [9.17, 15) is 0 Å². The van der Waals surface area contributed by atoms with Gasteiger partial charge in [0.1, 0.15) is 0 Å². The van der Waals surface area contributed by atoms with E-state index in [1.807, 2.05) is 0 Å². The number of nitrogens with zero attached hydrogens (tertiary/aromatic N) is 1. The Morgan fingerprint density at radius 3 is 1.15 bits per heavy atom. The van der Waals surface area contributed by atoms with Crippen LogP contribution in [0.5, 0.6) is 0 Å². The molecule has 0 rings (SSSR count). The minimum atomic E-state index is -1.08. The predicted molar refractivity (Wildman–Crippen MR) is 118 cm³/mol. The van der Waals surface area contributed by atoms with E-state index in [0.717, 1.165) is 6.92 Å². The second-order valence-corrected chi connectivity index (χ2v) is 8.26. The zero-order chi connectivity index (χ0) is 20.8. The smallest absolute Gasteiger partial charge is 0.0786 e. The van der Waals surface area contributed by atoms with Crippen LogP contribution in [0.25, 0.3) is 0 Å². The first-order valence-electron chi connectivity index (χ1n) is 12.0. The third kappa shape index (κ3) is 21.6. The Labute approximate surface area is 171 Å². The lowest BCUT2D eigenvalue weighted by molar-refractivity contribution is -0.929. The van der Waals surface area contributed by atoms with Gasteiger partial charge in [0.15, 0.2) is 0 Å². The van der Waals surface area contributed by atoms with Gasteiger partial charge in [0, 0.05) is 5.97 Å². The quantitative estimate of drug-likeness (QED) is 0.211. The van der Waals surface area contributed by atoms with E-state index in [2.05, 4.69) is 27.7 Å². The molecule has 0 saturated carbocycles. The third-order valence-electron chi connectivity index (χ3n) is 5.44. The molecule has 0 aromatic carbocycles. The molecule has 3 nitrogen and oxygen atoms in total. The Balaban J connectivity index is 0. The van der Waals surface area contributed by atoms with E-state index in [0.29, 0.717) is 0 Å². The molecule has 0 spiro atoms. The predicted octanol–water partition coefficient (Wildman–Crippen LogP) is 6.10. The van der Waals surface area contributed by atoms with Gasteiger partial charge in [-0.05, 0) is 39.0 Å². The number of hydrogen-bond acceptors (Lipinski definition) is 2. The summed E-state index contributed by atoms with van der Waals surface area (Å²) in [6, 6.07) is 0. The summed E-state index contributed by atoms with van der Waals surface area (Å²) in [5.74, 6) is -1.08. The standard InChI is InChI=1S/C22H48N.C2H4O2/c1-5-9-13-14-15-16-17-18-22-23(19-10-6-2,20-11-7-3)21-12-8-4;1-2(3)4/h5-22H2,1-4H3;1H3,(H,3,4)/q+1;/p-1. The second kappa shape index (κ2) is 21.7. The maximum absolute atomic E-state index is 8.89. The monoisotopic (exact) mass is 385 g/mol. The number of carbonyl (C=O) groups is 1. The molecule has 0 aliphatic carbocycles. The fraction of sp³-hybridized carbons (Fsp3) is 0.958. The summed E-state index contributed by atoms with van der Waals surface area (Å²) >= 11 is 0. The van der Waals surface area contributed by atoms with Crippen LogP contribution in [0, 0.1) is 0 Å². The van der Waals surface area contributed by atoms with Gasteiger partial charge in [-0.2, -0.15) is 0 Å². The number of carboxylic acids is 1. The van der Waals surface area contributed by atoms with E-state index in [1.165, 1.54) is 121 Å². The highest BCUT2D eigenvalue weighted by Crippen LogP contribution is 2.18. The molecule has 0 aromatic heterocycles. The molecule has 0 saturated heterocycles. The Morgan fingerprint density at radius 1 is 0.556 bits per heavy atom. The van der Waals surface area contributed by atoms with Gasteiger partial charge in [0.25, 0.3) is 0 Å². The van der Waals surface area contributed by atoms with E-state index < -0.39 is 5.97 Å². The molecule has 0 unspecified atom stereocenters. The molecule has 0 atom stereocenters. The molecular formula is C24H51NO2. The molecule has 164 valence electrons. The minimum Gasteiger partial charge on any atom is -0.550 e. The summed E-state index contributed by atoms with van der Waals surface area (Å²) in [5.41, 5.74) is 0. The highest BCUT2D eigenvalue weighted by atomic mass is 16.4. The lowest BCUT2D eigenvalue weighted by Crippen LogP contribution is -2.50. The van der Waals surface area contributed by atoms with Gasteiger partial charge >= 0.3 is 0 Å². The summed E-state index contributed by atoms with van der Waals surface area (Å²) in [5, 5.41) is 8.89. The summed E-state index contributed by atoms with van der Waals surface area (Å²) in [6.07, 6.45) is 19.9. The number of carbonyl (C=O) groups excluding carboxylic acids is 1. The number of rotatable bonds is 18. The van der Waals surface area contributed by atoms with Crippen LogP contribution in [0.1, 0.15) is 125 Å². The number of unbranched alkanes of at least 4 members (excludes halogenated alkanes) is 10. The molecule has 0 aromatic rings. The molecule has 0 N–H and O–H groups in total. The fourth-order valence-corrected chi connectivity index (χ4v) is 3.73. The second-order valence-electron chi connectivity index (χ2n) is 8.26. The summed E-state index contributed by atoms with van der Waals surface area (Å²) in [6.45, 7) is 16.1. The van der Waals surface area contributed by atoms with E-state index in [4.69, 9.17) is 9.90 Å². The van der Waals surface area contributed by atoms with Crippen LogP contribution in [0.15, 0.2) is 0 Å². The molecule has 3 heteroatoms. The molecule has 0 bridgehead atoms. The van der Waals surface area contributed by atoms with Crippen LogP contribution in [-0.4, -0.2) is 36.6 Å². The summed E-state index contributed by atoms with van der Waals surface area (Å²) in [7, 11) is 0. The minimum absolute atomic E-state index is 0.972. The van der Waals surface area contributed by atoms with Crippen molar-refractivity contribution in [2.45, 2.75) is 125 Å². The van der Waals surface area contributed by atoms with E-state index in [-0.39, 0.29) is 0 Å². The Bertz CT molecular complexity index is 279. The van der Waals surface area contributed by atoms with Gasteiger partial charge in [-0.1, -0.05) is 85.5 Å². The van der Waals surface area contributed by atoms with Crippen LogP contribution < -0.4 is 5.11 Å².